The number of amides is 2. The molecule has 0 spiro atoms. The summed E-state index contributed by atoms with van der Waals surface area (Å²) in [5.74, 6) is -4.94. The van der Waals surface area contributed by atoms with Gasteiger partial charge in [-0.2, -0.15) is 0 Å². The molecule has 0 unspecified atom stereocenters. The van der Waals surface area contributed by atoms with Gasteiger partial charge in [0.1, 0.15) is 30.3 Å². The summed E-state index contributed by atoms with van der Waals surface area (Å²) in [5, 5.41) is 15.7. The Hall–Kier alpha value is -6.51. The first-order valence-electron chi connectivity index (χ1n) is 16.2. The molecule has 1 aliphatic rings. The van der Waals surface area contributed by atoms with Crippen molar-refractivity contribution in [2.24, 2.45) is 0 Å². The van der Waals surface area contributed by atoms with Crippen LogP contribution in [-0.4, -0.2) is 96.9 Å². The lowest BCUT2D eigenvalue weighted by molar-refractivity contribution is -0.384. The van der Waals surface area contributed by atoms with Crippen molar-refractivity contribution in [2.45, 2.75) is 84.5 Å². The number of alkyl carbamates (subject to hydrolysis) is 1. The monoisotopic (exact) mass is 777 g/mol. The molecule has 1 aliphatic heterocycles. The van der Waals surface area contributed by atoms with Gasteiger partial charge in [-0.3, -0.25) is 29.3 Å². The van der Waals surface area contributed by atoms with E-state index < -0.39 is 96.4 Å². The van der Waals surface area contributed by atoms with Gasteiger partial charge in [0.2, 0.25) is 18.3 Å². The van der Waals surface area contributed by atoms with Gasteiger partial charge in [0.15, 0.2) is 18.3 Å². The van der Waals surface area contributed by atoms with Crippen molar-refractivity contribution >= 4 is 53.4 Å². The van der Waals surface area contributed by atoms with Crippen LogP contribution >= 0.6 is 0 Å². The number of nitro benzene ring substituents is 1. The van der Waals surface area contributed by atoms with Gasteiger partial charge in [-0.1, -0.05) is 6.07 Å². The lowest BCUT2D eigenvalue weighted by Crippen LogP contribution is -2.64. The fraction of sp³-hybridized carbons (Fsp3) is 0.441. The molecule has 5 atom stereocenters. The molecule has 2 aromatic rings. The summed E-state index contributed by atoms with van der Waals surface area (Å²) in [7, 11) is 1.01. The zero-order chi connectivity index (χ0) is 41.0. The van der Waals surface area contributed by atoms with Gasteiger partial charge in [-0.25, -0.2) is 14.4 Å². The molecule has 2 amide bonds. The largest absolute Gasteiger partial charge is 0.514 e. The Morgan fingerprint density at radius 1 is 0.855 bits per heavy atom. The predicted molar refractivity (Wildman–Crippen MR) is 181 cm³/mol. The Morgan fingerprint density at radius 2 is 1.45 bits per heavy atom. The summed E-state index contributed by atoms with van der Waals surface area (Å²) in [4.78, 5) is 97.1. The highest BCUT2D eigenvalue weighted by molar-refractivity contribution is 5.95. The second-order valence-corrected chi connectivity index (χ2v) is 12.4. The number of ether oxygens (including phenoxy) is 9. The van der Waals surface area contributed by atoms with Crippen LogP contribution in [0.15, 0.2) is 42.5 Å². The number of methoxy groups -OCH3 is 1. The molecule has 0 aromatic heterocycles. The molecular formula is C34H39N3O18. The number of rotatable bonds is 13. The van der Waals surface area contributed by atoms with Gasteiger partial charge in [0.05, 0.1) is 17.7 Å². The molecule has 21 nitrogen and oxygen atoms in total. The minimum Gasteiger partial charge on any atom is -0.467 e. The molecule has 1 fully saturated rings. The Labute approximate surface area is 312 Å². The second-order valence-electron chi connectivity index (χ2n) is 12.4. The lowest BCUT2D eigenvalue weighted by Gasteiger charge is -2.43. The number of anilines is 1. The highest BCUT2D eigenvalue weighted by atomic mass is 16.7. The van der Waals surface area contributed by atoms with E-state index in [0.717, 1.165) is 40.0 Å². The number of hydrogen-bond acceptors (Lipinski definition) is 18. The number of hydrogen-bond donors (Lipinski definition) is 2. The van der Waals surface area contributed by atoms with Crippen LogP contribution < -0.4 is 20.1 Å². The number of nitrogens with zero attached hydrogens (tertiary/aromatic N) is 1. The number of benzene rings is 2. The van der Waals surface area contributed by atoms with E-state index in [-0.39, 0.29) is 28.4 Å². The first kappa shape index (κ1) is 42.9. The zero-order valence-corrected chi connectivity index (χ0v) is 30.6. The van der Waals surface area contributed by atoms with Crippen molar-refractivity contribution in [3.63, 3.8) is 0 Å². The number of nitro groups is 1. The topological polar surface area (TPSA) is 270 Å². The quantitative estimate of drug-likeness (QED) is 0.0973. The highest BCUT2D eigenvalue weighted by Crippen LogP contribution is 2.34. The molecule has 0 radical (unpaired) electrons. The van der Waals surface area contributed by atoms with Gasteiger partial charge in [0, 0.05) is 32.9 Å². The van der Waals surface area contributed by atoms with Crippen molar-refractivity contribution in [2.75, 3.05) is 19.0 Å². The molecular weight excluding hydrogens is 738 g/mol. The summed E-state index contributed by atoms with van der Waals surface area (Å²) in [6.45, 7) is 6.83. The highest BCUT2D eigenvalue weighted by Gasteiger charge is 2.56. The van der Waals surface area contributed by atoms with E-state index in [1.54, 1.807) is 20.8 Å². The van der Waals surface area contributed by atoms with Crippen LogP contribution in [0.3, 0.4) is 0 Å². The van der Waals surface area contributed by atoms with E-state index in [1.165, 1.54) is 30.3 Å². The fourth-order valence-corrected chi connectivity index (χ4v) is 4.73. The van der Waals surface area contributed by atoms with E-state index in [4.69, 9.17) is 42.6 Å². The summed E-state index contributed by atoms with van der Waals surface area (Å²) in [5.41, 5.74) is -1.02. The van der Waals surface area contributed by atoms with Crippen LogP contribution in [0.4, 0.5) is 21.0 Å². The Morgan fingerprint density at radius 3 is 2.02 bits per heavy atom. The normalized spacial score (nSPS) is 19.0. The standard InChI is InChI=1S/C34H39N3O18/c1-17(38)49-26-27(50-18(2)39)29(51-19(3)40)31(54-28(26)30(42)47-7)53-24-13-8-20(14-23(24)36-25(41)15-35-32(43)55-34(4,5)6)16-48-33(44)52-22-11-9-21(10-12-22)37(45)46/h8-14,26-29,31H,15-16H2,1-7H3,(H,35,43)(H,36,41)/t26-,27-,28-,29+,31+/m0/s1. The number of esters is 4. The van der Waals surface area contributed by atoms with Crippen molar-refractivity contribution in [1.29, 1.82) is 0 Å². The molecule has 2 aromatic carbocycles. The Balaban J connectivity index is 1.96. The summed E-state index contributed by atoms with van der Waals surface area (Å²) in [6.07, 6.45) is -10.7. The third kappa shape index (κ3) is 13.4. The Kier molecular flexibility index (Phi) is 14.8. The third-order valence-corrected chi connectivity index (χ3v) is 6.79. The number of carbonyl (C=O) groups is 7. The number of carbonyl (C=O) groups excluding carboxylic acids is 7. The van der Waals surface area contributed by atoms with Crippen molar-refractivity contribution in [3.05, 3.63) is 58.1 Å². The summed E-state index contributed by atoms with van der Waals surface area (Å²) < 4.78 is 47.9. The van der Waals surface area contributed by atoms with Gasteiger partial charge in [-0.15, -0.1) is 0 Å². The molecule has 1 saturated heterocycles. The van der Waals surface area contributed by atoms with E-state index >= 15 is 0 Å². The minimum absolute atomic E-state index is 0.0483. The van der Waals surface area contributed by atoms with Crippen LogP contribution in [0.5, 0.6) is 11.5 Å². The van der Waals surface area contributed by atoms with Crippen LogP contribution in [0.1, 0.15) is 47.1 Å². The maximum absolute atomic E-state index is 13.0. The average molecular weight is 778 g/mol. The van der Waals surface area contributed by atoms with Crippen molar-refractivity contribution in [3.8, 4) is 11.5 Å². The van der Waals surface area contributed by atoms with Gasteiger partial charge in [-0.05, 0) is 50.6 Å². The summed E-state index contributed by atoms with van der Waals surface area (Å²) in [6, 6.07) is 8.53. The molecule has 0 bridgehead atoms. The van der Waals surface area contributed by atoms with Crippen LogP contribution in [-0.2, 0) is 63.7 Å². The van der Waals surface area contributed by atoms with E-state index in [0.29, 0.717) is 0 Å². The molecule has 0 aliphatic carbocycles. The maximum atomic E-state index is 13.0. The lowest BCUT2D eigenvalue weighted by atomic mass is 9.97. The molecule has 0 saturated carbocycles. The van der Waals surface area contributed by atoms with Gasteiger partial charge < -0.3 is 53.3 Å². The summed E-state index contributed by atoms with van der Waals surface area (Å²) >= 11 is 0. The minimum atomic E-state index is -1.81. The first-order chi connectivity index (χ1) is 25.8. The molecule has 298 valence electrons. The number of nitrogens with one attached hydrogen (secondary N) is 2. The molecule has 3 rings (SSSR count). The smallest absolute Gasteiger partial charge is 0.467 e. The Bertz CT molecular complexity index is 1770. The van der Waals surface area contributed by atoms with Crippen LogP contribution in [0, 0.1) is 10.1 Å². The molecule has 21 heteroatoms. The SMILES string of the molecule is COC(=O)[C@H]1O[C@@H](Oc2ccc(COC(=O)Oc3ccc([N+](=O)[O-])cc3)cc2NC(=O)CNC(=O)OC(C)(C)C)[C@H](OC(C)=O)[C@@H](OC(C)=O)[C@@H]1OC(C)=O. The van der Waals surface area contributed by atoms with E-state index in [1.807, 2.05) is 0 Å². The second kappa shape index (κ2) is 19.0. The van der Waals surface area contributed by atoms with E-state index in [9.17, 15) is 43.7 Å². The van der Waals surface area contributed by atoms with Crippen molar-refractivity contribution in [1.82, 2.24) is 5.32 Å². The van der Waals surface area contributed by atoms with Gasteiger partial charge >= 0.3 is 36.1 Å². The zero-order valence-electron chi connectivity index (χ0n) is 30.6. The number of non-ortho nitro benzene ring substituents is 1. The fourth-order valence-electron chi connectivity index (χ4n) is 4.73. The van der Waals surface area contributed by atoms with Gasteiger partial charge in [0.25, 0.3) is 5.69 Å². The average Bonchev–Trinajstić information content (AvgIpc) is 3.08. The first-order valence-corrected chi connectivity index (χ1v) is 16.2. The van der Waals surface area contributed by atoms with E-state index in [2.05, 4.69) is 10.6 Å². The molecule has 55 heavy (non-hydrogen) atoms. The predicted octanol–water partition coefficient (Wildman–Crippen LogP) is 2.85. The van der Waals surface area contributed by atoms with Crippen LogP contribution in [0.25, 0.3) is 0 Å². The molecule has 1 heterocycles. The van der Waals surface area contributed by atoms with Crippen molar-refractivity contribution < 1.29 is 81.1 Å². The maximum Gasteiger partial charge on any atom is 0.514 e. The third-order valence-electron chi connectivity index (χ3n) is 6.79. The van der Waals surface area contributed by atoms with Crippen LogP contribution in [0.2, 0.25) is 0 Å². The molecule has 2 N–H and O–H groups in total.